The molecule has 1 saturated heterocycles. The van der Waals surface area contributed by atoms with E-state index in [1.54, 1.807) is 12.1 Å². The zero-order valence-electron chi connectivity index (χ0n) is 16.0. The van der Waals surface area contributed by atoms with Gasteiger partial charge >= 0.3 is 0 Å². The molecule has 1 N–H and O–H groups in total. The molecule has 0 atom stereocenters. The van der Waals surface area contributed by atoms with Crippen LogP contribution in [0.2, 0.25) is 0 Å². The van der Waals surface area contributed by atoms with Gasteiger partial charge in [-0.1, -0.05) is 6.07 Å². The van der Waals surface area contributed by atoms with E-state index < -0.39 is 10.0 Å². The van der Waals surface area contributed by atoms with E-state index in [4.69, 9.17) is 4.74 Å². The summed E-state index contributed by atoms with van der Waals surface area (Å²) in [6.07, 6.45) is 2.33. The first-order valence-electron chi connectivity index (χ1n) is 9.15. The monoisotopic (exact) mass is 390 g/mol. The van der Waals surface area contributed by atoms with E-state index in [0.29, 0.717) is 11.7 Å². The Balaban J connectivity index is 1.58. The Hall–Kier alpha value is -2.19. The Kier molecular flexibility index (Phi) is 5.96. The standard InChI is InChI=1S/C19H26N4O3S/c1-14-10-15(2)12-17(11-14)27(24,25)20-6-9-26-19-13-18(21-16(3)22-19)23-7-4-5-8-23/h10-13,20H,4-9H2,1-3H3. The van der Waals surface area contributed by atoms with Crippen LogP contribution in [-0.2, 0) is 10.0 Å². The Morgan fingerprint density at radius 1 is 1.04 bits per heavy atom. The van der Waals surface area contributed by atoms with Crippen LogP contribution < -0.4 is 14.4 Å². The molecular formula is C19H26N4O3S. The van der Waals surface area contributed by atoms with Crippen molar-refractivity contribution < 1.29 is 13.2 Å². The third kappa shape index (κ3) is 5.17. The second-order valence-corrected chi connectivity index (χ2v) is 8.64. The third-order valence-corrected chi connectivity index (χ3v) is 5.82. The number of rotatable bonds is 7. The van der Waals surface area contributed by atoms with Gasteiger partial charge in [-0.2, -0.15) is 4.98 Å². The molecule has 3 rings (SSSR count). The molecule has 8 heteroatoms. The topological polar surface area (TPSA) is 84.4 Å². The van der Waals surface area contributed by atoms with Crippen LogP contribution in [0.4, 0.5) is 5.82 Å². The summed E-state index contributed by atoms with van der Waals surface area (Å²) in [5, 5.41) is 0. The summed E-state index contributed by atoms with van der Waals surface area (Å²) >= 11 is 0. The van der Waals surface area contributed by atoms with Crippen LogP contribution in [0.3, 0.4) is 0 Å². The zero-order chi connectivity index (χ0) is 19.4. The van der Waals surface area contributed by atoms with Crippen LogP contribution in [0.15, 0.2) is 29.2 Å². The average Bonchev–Trinajstić information content (AvgIpc) is 3.12. The first-order chi connectivity index (χ1) is 12.8. The molecule has 27 heavy (non-hydrogen) atoms. The van der Waals surface area contributed by atoms with E-state index in [1.807, 2.05) is 32.9 Å². The number of hydrogen-bond acceptors (Lipinski definition) is 6. The maximum absolute atomic E-state index is 12.4. The number of aromatic nitrogens is 2. The molecule has 2 heterocycles. The van der Waals surface area contributed by atoms with E-state index in [-0.39, 0.29) is 18.0 Å². The van der Waals surface area contributed by atoms with Crippen molar-refractivity contribution in [2.24, 2.45) is 0 Å². The lowest BCUT2D eigenvalue weighted by Crippen LogP contribution is -2.28. The van der Waals surface area contributed by atoms with Crippen molar-refractivity contribution in [1.29, 1.82) is 0 Å². The van der Waals surface area contributed by atoms with Gasteiger partial charge in [-0.05, 0) is 56.9 Å². The minimum Gasteiger partial charge on any atom is -0.476 e. The number of benzene rings is 1. The summed E-state index contributed by atoms with van der Waals surface area (Å²) in [7, 11) is -3.56. The van der Waals surface area contributed by atoms with Gasteiger partial charge < -0.3 is 9.64 Å². The van der Waals surface area contributed by atoms with Gasteiger partial charge in [0.2, 0.25) is 15.9 Å². The first kappa shape index (κ1) is 19.6. The fraction of sp³-hybridized carbons (Fsp3) is 0.474. The van der Waals surface area contributed by atoms with Gasteiger partial charge in [0.15, 0.2) is 0 Å². The lowest BCUT2D eigenvalue weighted by atomic mass is 10.2. The number of nitrogens with zero attached hydrogens (tertiary/aromatic N) is 3. The zero-order valence-corrected chi connectivity index (χ0v) is 16.8. The second-order valence-electron chi connectivity index (χ2n) is 6.88. The summed E-state index contributed by atoms with van der Waals surface area (Å²) in [4.78, 5) is 11.2. The Bertz CT molecular complexity index is 889. The lowest BCUT2D eigenvalue weighted by Gasteiger charge is -2.17. The van der Waals surface area contributed by atoms with Crippen LogP contribution in [-0.4, -0.2) is 44.6 Å². The molecule has 0 saturated carbocycles. The predicted octanol–water partition coefficient (Wildman–Crippen LogP) is 2.36. The van der Waals surface area contributed by atoms with Gasteiger partial charge in [0, 0.05) is 25.7 Å². The largest absolute Gasteiger partial charge is 0.476 e. The van der Waals surface area contributed by atoms with E-state index in [0.717, 1.165) is 30.0 Å². The normalized spacial score (nSPS) is 14.6. The molecule has 0 spiro atoms. The molecule has 1 aliphatic rings. The van der Waals surface area contributed by atoms with Crippen LogP contribution in [0, 0.1) is 20.8 Å². The van der Waals surface area contributed by atoms with Crippen molar-refractivity contribution >= 4 is 15.8 Å². The number of sulfonamides is 1. The molecule has 7 nitrogen and oxygen atoms in total. The van der Waals surface area contributed by atoms with Gasteiger partial charge in [0.25, 0.3) is 0 Å². The molecule has 0 unspecified atom stereocenters. The quantitative estimate of drug-likeness (QED) is 0.731. The fourth-order valence-electron chi connectivity index (χ4n) is 3.21. The summed E-state index contributed by atoms with van der Waals surface area (Å²) in [6.45, 7) is 7.93. The fourth-order valence-corrected chi connectivity index (χ4v) is 4.41. The first-order valence-corrected chi connectivity index (χ1v) is 10.6. The maximum Gasteiger partial charge on any atom is 0.240 e. The molecule has 0 aliphatic carbocycles. The molecule has 146 valence electrons. The van der Waals surface area contributed by atoms with E-state index >= 15 is 0 Å². The maximum atomic E-state index is 12.4. The summed E-state index contributed by atoms with van der Waals surface area (Å²) in [6, 6.07) is 7.08. The Morgan fingerprint density at radius 2 is 1.70 bits per heavy atom. The highest BCUT2D eigenvalue weighted by Gasteiger charge is 2.16. The highest BCUT2D eigenvalue weighted by molar-refractivity contribution is 7.89. The summed E-state index contributed by atoms with van der Waals surface area (Å²) < 4.78 is 33.1. The van der Waals surface area contributed by atoms with Crippen molar-refractivity contribution in [1.82, 2.24) is 14.7 Å². The molecule has 2 aromatic rings. The van der Waals surface area contributed by atoms with Crippen LogP contribution in [0.25, 0.3) is 0 Å². The minimum atomic E-state index is -3.56. The van der Waals surface area contributed by atoms with Gasteiger partial charge in [0.1, 0.15) is 18.2 Å². The van der Waals surface area contributed by atoms with Crippen LogP contribution in [0.1, 0.15) is 29.8 Å². The highest BCUT2D eigenvalue weighted by Crippen LogP contribution is 2.21. The van der Waals surface area contributed by atoms with Crippen molar-refractivity contribution in [2.45, 2.75) is 38.5 Å². The number of anilines is 1. The molecular weight excluding hydrogens is 364 g/mol. The van der Waals surface area contributed by atoms with Crippen LogP contribution >= 0.6 is 0 Å². The van der Waals surface area contributed by atoms with Crippen molar-refractivity contribution in [2.75, 3.05) is 31.1 Å². The minimum absolute atomic E-state index is 0.164. The molecule has 1 aromatic heterocycles. The lowest BCUT2D eigenvalue weighted by molar-refractivity contribution is 0.309. The van der Waals surface area contributed by atoms with Gasteiger partial charge in [0.05, 0.1) is 4.90 Å². The molecule has 0 radical (unpaired) electrons. The average molecular weight is 391 g/mol. The van der Waals surface area contributed by atoms with E-state index in [1.165, 1.54) is 12.8 Å². The highest BCUT2D eigenvalue weighted by atomic mass is 32.2. The number of ether oxygens (including phenoxy) is 1. The second kappa shape index (κ2) is 8.22. The third-order valence-electron chi connectivity index (χ3n) is 4.38. The number of nitrogens with one attached hydrogen (secondary N) is 1. The molecule has 0 amide bonds. The van der Waals surface area contributed by atoms with E-state index in [2.05, 4.69) is 19.6 Å². The Morgan fingerprint density at radius 3 is 2.37 bits per heavy atom. The molecule has 1 fully saturated rings. The van der Waals surface area contributed by atoms with Crippen molar-refractivity contribution in [3.63, 3.8) is 0 Å². The van der Waals surface area contributed by atoms with Gasteiger partial charge in [-0.15, -0.1) is 0 Å². The van der Waals surface area contributed by atoms with E-state index in [9.17, 15) is 8.42 Å². The smallest absolute Gasteiger partial charge is 0.240 e. The van der Waals surface area contributed by atoms with Gasteiger partial charge in [-0.25, -0.2) is 18.1 Å². The SMILES string of the molecule is Cc1cc(C)cc(S(=O)(=O)NCCOc2cc(N3CCCC3)nc(C)n2)c1. The summed E-state index contributed by atoms with van der Waals surface area (Å²) in [5.74, 6) is 1.98. The molecule has 1 aromatic carbocycles. The molecule has 1 aliphatic heterocycles. The molecule has 0 bridgehead atoms. The van der Waals surface area contributed by atoms with Crippen LogP contribution in [0.5, 0.6) is 5.88 Å². The number of aryl methyl sites for hydroxylation is 3. The number of hydrogen-bond donors (Lipinski definition) is 1. The Labute approximate surface area is 160 Å². The predicted molar refractivity (Wildman–Crippen MR) is 105 cm³/mol. The van der Waals surface area contributed by atoms with Crippen molar-refractivity contribution in [3.8, 4) is 5.88 Å². The van der Waals surface area contributed by atoms with Gasteiger partial charge in [-0.3, -0.25) is 0 Å². The summed E-state index contributed by atoms with van der Waals surface area (Å²) in [5.41, 5.74) is 1.83. The van der Waals surface area contributed by atoms with Crippen molar-refractivity contribution in [3.05, 3.63) is 41.2 Å².